The van der Waals surface area contributed by atoms with Crippen molar-refractivity contribution in [2.75, 3.05) is 10.6 Å². The summed E-state index contributed by atoms with van der Waals surface area (Å²) in [6, 6.07) is 16.8. The van der Waals surface area contributed by atoms with Crippen molar-refractivity contribution in [2.45, 2.75) is 39.2 Å². The van der Waals surface area contributed by atoms with Gasteiger partial charge in [0.25, 0.3) is 0 Å². The molecule has 2 N–H and O–H groups in total. The summed E-state index contributed by atoms with van der Waals surface area (Å²) in [6.07, 6.45) is 0.458. The van der Waals surface area contributed by atoms with Crippen LogP contribution in [-0.2, 0) is 16.0 Å². The van der Waals surface area contributed by atoms with Gasteiger partial charge in [-0.1, -0.05) is 30.3 Å². The molecule has 0 fully saturated rings. The fourth-order valence-electron chi connectivity index (χ4n) is 2.23. The molecule has 0 spiro atoms. The first-order valence-corrected chi connectivity index (χ1v) is 8.26. The Morgan fingerprint density at radius 2 is 1.60 bits per heavy atom. The molecule has 25 heavy (non-hydrogen) atoms. The number of anilines is 2. The quantitative estimate of drug-likeness (QED) is 0.835. The molecule has 0 saturated heterocycles. The van der Waals surface area contributed by atoms with E-state index in [1.807, 2.05) is 69.3 Å². The lowest BCUT2D eigenvalue weighted by Gasteiger charge is -2.19. The number of aryl methyl sites for hydroxylation is 1. The Labute approximate surface area is 148 Å². The van der Waals surface area contributed by atoms with Gasteiger partial charge in [-0.25, -0.2) is 4.79 Å². The van der Waals surface area contributed by atoms with Crippen molar-refractivity contribution in [1.29, 1.82) is 0 Å². The van der Waals surface area contributed by atoms with E-state index in [2.05, 4.69) is 10.6 Å². The van der Waals surface area contributed by atoms with Crippen LogP contribution in [0.25, 0.3) is 0 Å². The van der Waals surface area contributed by atoms with Gasteiger partial charge in [-0.2, -0.15) is 0 Å². The number of rotatable bonds is 5. The zero-order valence-electron chi connectivity index (χ0n) is 14.8. The smallest absolute Gasteiger partial charge is 0.412 e. The maximum Gasteiger partial charge on any atom is 0.412 e. The van der Waals surface area contributed by atoms with E-state index in [0.29, 0.717) is 18.5 Å². The Bertz CT molecular complexity index is 721. The number of ether oxygens (including phenoxy) is 1. The Balaban J connectivity index is 1.86. The fraction of sp³-hybridized carbons (Fsp3) is 0.300. The van der Waals surface area contributed by atoms with Gasteiger partial charge in [-0.15, -0.1) is 0 Å². The monoisotopic (exact) mass is 340 g/mol. The molecule has 0 atom stereocenters. The van der Waals surface area contributed by atoms with Crippen LogP contribution in [0.1, 0.15) is 32.8 Å². The summed E-state index contributed by atoms with van der Waals surface area (Å²) in [5.41, 5.74) is 1.86. The van der Waals surface area contributed by atoms with Gasteiger partial charge in [0.05, 0.1) is 0 Å². The van der Waals surface area contributed by atoms with Crippen molar-refractivity contribution in [2.24, 2.45) is 0 Å². The third-order valence-corrected chi connectivity index (χ3v) is 3.27. The number of nitrogens with one attached hydrogen (secondary N) is 2. The molecule has 0 aliphatic rings. The van der Waals surface area contributed by atoms with Crippen LogP contribution >= 0.6 is 0 Å². The Kier molecular flexibility index (Phi) is 6.17. The maximum absolute atomic E-state index is 12.0. The van der Waals surface area contributed by atoms with E-state index >= 15 is 0 Å². The molecular weight excluding hydrogens is 316 g/mol. The number of carbonyl (C=O) groups is 2. The molecule has 5 heteroatoms. The van der Waals surface area contributed by atoms with Crippen LogP contribution in [0.15, 0.2) is 54.6 Å². The average Bonchev–Trinajstić information content (AvgIpc) is 2.52. The minimum Gasteiger partial charge on any atom is -0.444 e. The predicted octanol–water partition coefficient (Wildman–Crippen LogP) is 4.60. The predicted molar refractivity (Wildman–Crippen MR) is 99.7 cm³/mol. The summed E-state index contributed by atoms with van der Waals surface area (Å²) in [5.74, 6) is -0.0447. The third kappa shape index (κ3) is 7.08. The van der Waals surface area contributed by atoms with Crippen molar-refractivity contribution in [3.63, 3.8) is 0 Å². The van der Waals surface area contributed by atoms with Crippen molar-refractivity contribution < 1.29 is 14.3 Å². The molecule has 132 valence electrons. The van der Waals surface area contributed by atoms with Crippen LogP contribution < -0.4 is 10.6 Å². The minimum atomic E-state index is -0.544. The molecule has 0 saturated carbocycles. The van der Waals surface area contributed by atoms with E-state index in [9.17, 15) is 9.59 Å². The average molecular weight is 340 g/mol. The van der Waals surface area contributed by atoms with Crippen molar-refractivity contribution in [1.82, 2.24) is 0 Å². The SMILES string of the molecule is CC(C)(C)OC(=O)Nc1cccc(CCC(=O)Nc2ccccc2)c1. The Hall–Kier alpha value is -2.82. The van der Waals surface area contributed by atoms with Crippen LogP contribution in [0.3, 0.4) is 0 Å². The first-order valence-electron chi connectivity index (χ1n) is 8.26. The maximum atomic E-state index is 12.0. The van der Waals surface area contributed by atoms with E-state index in [-0.39, 0.29) is 5.91 Å². The zero-order chi connectivity index (χ0) is 18.3. The minimum absolute atomic E-state index is 0.0447. The highest BCUT2D eigenvalue weighted by atomic mass is 16.6. The lowest BCUT2D eigenvalue weighted by molar-refractivity contribution is -0.116. The number of para-hydroxylation sites is 1. The van der Waals surface area contributed by atoms with Gasteiger partial charge < -0.3 is 10.1 Å². The first kappa shape index (κ1) is 18.5. The lowest BCUT2D eigenvalue weighted by Crippen LogP contribution is -2.27. The second-order valence-electron chi connectivity index (χ2n) is 6.74. The van der Waals surface area contributed by atoms with Gasteiger partial charge >= 0.3 is 6.09 Å². The van der Waals surface area contributed by atoms with Crippen molar-refractivity contribution in [3.8, 4) is 0 Å². The first-order chi connectivity index (χ1) is 11.8. The third-order valence-electron chi connectivity index (χ3n) is 3.27. The molecular formula is C20H24N2O3. The molecule has 0 radical (unpaired) electrons. The Morgan fingerprint density at radius 1 is 0.920 bits per heavy atom. The summed E-state index contributed by atoms with van der Waals surface area (Å²) in [6.45, 7) is 5.44. The molecule has 2 rings (SSSR count). The molecule has 0 aromatic heterocycles. The molecule has 0 aliphatic carbocycles. The van der Waals surface area contributed by atoms with Crippen LogP contribution in [0, 0.1) is 0 Å². The topological polar surface area (TPSA) is 67.4 Å². The molecule has 2 aromatic carbocycles. The van der Waals surface area contributed by atoms with E-state index < -0.39 is 11.7 Å². The van der Waals surface area contributed by atoms with E-state index in [1.54, 1.807) is 6.07 Å². The number of benzene rings is 2. The van der Waals surface area contributed by atoms with Crippen LogP contribution in [-0.4, -0.2) is 17.6 Å². The molecule has 2 aromatic rings. The van der Waals surface area contributed by atoms with E-state index in [0.717, 1.165) is 11.3 Å². The van der Waals surface area contributed by atoms with E-state index in [1.165, 1.54) is 0 Å². The van der Waals surface area contributed by atoms with Crippen molar-refractivity contribution in [3.05, 3.63) is 60.2 Å². The molecule has 5 nitrogen and oxygen atoms in total. The van der Waals surface area contributed by atoms with Gasteiger partial charge in [0.15, 0.2) is 0 Å². The van der Waals surface area contributed by atoms with Crippen LogP contribution in [0.5, 0.6) is 0 Å². The van der Waals surface area contributed by atoms with Crippen LogP contribution in [0.4, 0.5) is 16.2 Å². The number of carbonyl (C=O) groups excluding carboxylic acids is 2. The number of hydrogen-bond acceptors (Lipinski definition) is 3. The second-order valence-corrected chi connectivity index (χ2v) is 6.74. The number of amides is 2. The largest absolute Gasteiger partial charge is 0.444 e. The lowest BCUT2D eigenvalue weighted by atomic mass is 10.1. The van der Waals surface area contributed by atoms with Crippen molar-refractivity contribution >= 4 is 23.4 Å². The molecule has 0 aliphatic heterocycles. The fourth-order valence-corrected chi connectivity index (χ4v) is 2.23. The van der Waals surface area contributed by atoms with Gasteiger partial charge in [-0.3, -0.25) is 10.1 Å². The van der Waals surface area contributed by atoms with Gasteiger partial charge in [-0.05, 0) is 57.0 Å². The summed E-state index contributed by atoms with van der Waals surface area (Å²) < 4.78 is 5.23. The molecule has 2 amide bonds. The Morgan fingerprint density at radius 3 is 2.28 bits per heavy atom. The van der Waals surface area contributed by atoms with Crippen LogP contribution in [0.2, 0.25) is 0 Å². The molecule has 0 unspecified atom stereocenters. The number of hydrogen-bond donors (Lipinski definition) is 2. The van der Waals surface area contributed by atoms with Gasteiger partial charge in [0, 0.05) is 17.8 Å². The zero-order valence-corrected chi connectivity index (χ0v) is 14.8. The summed E-state index contributed by atoms with van der Waals surface area (Å²) in [4.78, 5) is 23.8. The summed E-state index contributed by atoms with van der Waals surface area (Å²) in [5, 5.41) is 5.56. The van der Waals surface area contributed by atoms with Gasteiger partial charge in [0.2, 0.25) is 5.91 Å². The van der Waals surface area contributed by atoms with E-state index in [4.69, 9.17) is 4.74 Å². The summed E-state index contributed by atoms with van der Waals surface area (Å²) >= 11 is 0. The highest BCUT2D eigenvalue weighted by Crippen LogP contribution is 2.15. The second kappa shape index (κ2) is 8.33. The molecule has 0 heterocycles. The molecule has 0 bridgehead atoms. The summed E-state index contributed by atoms with van der Waals surface area (Å²) in [7, 11) is 0. The highest BCUT2D eigenvalue weighted by molar-refractivity contribution is 5.90. The van der Waals surface area contributed by atoms with Gasteiger partial charge in [0.1, 0.15) is 5.60 Å². The standard InChI is InChI=1S/C20H24N2O3/c1-20(2,3)25-19(24)22-17-11-7-8-15(14-17)12-13-18(23)21-16-9-5-4-6-10-16/h4-11,14H,12-13H2,1-3H3,(H,21,23)(H,22,24). The highest BCUT2D eigenvalue weighted by Gasteiger charge is 2.16. The normalized spacial score (nSPS) is 10.8.